The van der Waals surface area contributed by atoms with Crippen LogP contribution in [0.1, 0.15) is 25.2 Å². The number of alkyl halides is 1. The fraction of sp³-hybridized carbons (Fsp3) is 0.353. The van der Waals surface area contributed by atoms with Crippen molar-refractivity contribution in [2.45, 2.75) is 26.9 Å². The molecule has 1 amide bonds. The molecule has 0 radical (unpaired) electrons. The first-order chi connectivity index (χ1) is 10.0. The summed E-state index contributed by atoms with van der Waals surface area (Å²) >= 11 is 5.95. The van der Waals surface area contributed by atoms with Crippen molar-refractivity contribution in [1.29, 1.82) is 0 Å². The number of furan rings is 1. The maximum Gasteiger partial charge on any atom is 0.230 e. The molecule has 2 rings (SSSR count). The highest BCUT2D eigenvalue weighted by atomic mass is 35.5. The minimum absolute atomic E-state index is 0.0257. The zero-order valence-corrected chi connectivity index (χ0v) is 13.1. The van der Waals surface area contributed by atoms with E-state index in [0.29, 0.717) is 13.1 Å². The topological polar surface area (TPSA) is 33.5 Å². The largest absolute Gasteiger partial charge is 0.467 e. The van der Waals surface area contributed by atoms with Crippen LogP contribution in [0.15, 0.2) is 53.1 Å². The van der Waals surface area contributed by atoms with E-state index in [1.807, 2.05) is 56.3 Å². The van der Waals surface area contributed by atoms with E-state index >= 15 is 0 Å². The number of amides is 1. The van der Waals surface area contributed by atoms with E-state index in [9.17, 15) is 4.79 Å². The zero-order chi connectivity index (χ0) is 15.3. The summed E-state index contributed by atoms with van der Waals surface area (Å²) in [4.78, 5) is 14.5. The molecule has 4 heteroatoms. The van der Waals surface area contributed by atoms with Gasteiger partial charge in [0.15, 0.2) is 0 Å². The normalized spacial score (nSPS) is 11.4. The number of hydrogen-bond acceptors (Lipinski definition) is 2. The highest BCUT2D eigenvalue weighted by Crippen LogP contribution is 2.23. The Hall–Kier alpha value is -1.74. The van der Waals surface area contributed by atoms with Crippen molar-refractivity contribution in [2.75, 3.05) is 5.88 Å². The summed E-state index contributed by atoms with van der Waals surface area (Å²) in [6, 6.07) is 13.6. The van der Waals surface area contributed by atoms with Crippen LogP contribution in [0, 0.1) is 5.41 Å². The van der Waals surface area contributed by atoms with E-state index in [-0.39, 0.29) is 11.8 Å². The molecular weight excluding hydrogens is 286 g/mol. The molecule has 1 heterocycles. The van der Waals surface area contributed by atoms with Crippen LogP contribution in [0.4, 0.5) is 0 Å². The Kier molecular flexibility index (Phi) is 5.07. The van der Waals surface area contributed by atoms with E-state index in [4.69, 9.17) is 16.0 Å². The lowest BCUT2D eigenvalue weighted by Gasteiger charge is -2.30. The molecule has 0 unspecified atom stereocenters. The van der Waals surface area contributed by atoms with Crippen molar-refractivity contribution in [1.82, 2.24) is 4.90 Å². The van der Waals surface area contributed by atoms with Crippen molar-refractivity contribution in [3.63, 3.8) is 0 Å². The molecule has 0 aliphatic rings. The van der Waals surface area contributed by atoms with Crippen LogP contribution in [-0.2, 0) is 17.9 Å². The molecule has 0 atom stereocenters. The van der Waals surface area contributed by atoms with Gasteiger partial charge in [-0.1, -0.05) is 30.3 Å². The number of carbonyl (C=O) groups is 1. The van der Waals surface area contributed by atoms with E-state index < -0.39 is 5.41 Å². The van der Waals surface area contributed by atoms with Crippen LogP contribution in [0.5, 0.6) is 0 Å². The Morgan fingerprint density at radius 3 is 2.43 bits per heavy atom. The summed E-state index contributed by atoms with van der Waals surface area (Å²) in [6.45, 7) is 4.71. The lowest BCUT2D eigenvalue weighted by Crippen LogP contribution is -2.41. The van der Waals surface area contributed by atoms with Gasteiger partial charge < -0.3 is 9.32 Å². The van der Waals surface area contributed by atoms with Crippen LogP contribution < -0.4 is 0 Å². The second-order valence-electron chi connectivity index (χ2n) is 5.74. The van der Waals surface area contributed by atoms with Gasteiger partial charge in [0.05, 0.1) is 18.2 Å². The first-order valence-corrected chi connectivity index (χ1v) is 7.48. The predicted molar refractivity (Wildman–Crippen MR) is 83.9 cm³/mol. The van der Waals surface area contributed by atoms with E-state index in [2.05, 4.69) is 0 Å². The Morgan fingerprint density at radius 2 is 1.86 bits per heavy atom. The molecule has 112 valence electrons. The van der Waals surface area contributed by atoms with Crippen LogP contribution in [0.3, 0.4) is 0 Å². The van der Waals surface area contributed by atoms with Gasteiger partial charge in [-0.25, -0.2) is 0 Å². The molecule has 0 saturated carbocycles. The SMILES string of the molecule is CC(C)(CCl)C(=O)N(Cc1ccccc1)Cc1ccco1. The molecule has 1 aromatic carbocycles. The van der Waals surface area contributed by atoms with Crippen LogP contribution >= 0.6 is 11.6 Å². The molecule has 0 spiro atoms. The molecule has 0 N–H and O–H groups in total. The third-order valence-corrected chi connectivity index (χ3v) is 4.01. The van der Waals surface area contributed by atoms with E-state index in [0.717, 1.165) is 11.3 Å². The molecule has 0 aliphatic carbocycles. The van der Waals surface area contributed by atoms with Crippen LogP contribution in [0.25, 0.3) is 0 Å². The van der Waals surface area contributed by atoms with Crippen molar-refractivity contribution < 1.29 is 9.21 Å². The average Bonchev–Trinajstić information content (AvgIpc) is 3.00. The van der Waals surface area contributed by atoms with Gasteiger partial charge in [-0.15, -0.1) is 11.6 Å². The summed E-state index contributed by atoms with van der Waals surface area (Å²) in [7, 11) is 0. The lowest BCUT2D eigenvalue weighted by atomic mass is 9.94. The van der Waals surface area contributed by atoms with Gasteiger partial charge in [-0.3, -0.25) is 4.79 Å². The van der Waals surface area contributed by atoms with Gasteiger partial charge in [-0.2, -0.15) is 0 Å². The second kappa shape index (κ2) is 6.81. The number of hydrogen-bond donors (Lipinski definition) is 0. The van der Waals surface area contributed by atoms with Gasteiger partial charge in [0.25, 0.3) is 0 Å². The smallest absolute Gasteiger partial charge is 0.230 e. The molecule has 1 aromatic heterocycles. The highest BCUT2D eigenvalue weighted by molar-refractivity contribution is 6.19. The molecule has 0 fully saturated rings. The van der Waals surface area contributed by atoms with Gasteiger partial charge in [-0.05, 0) is 31.5 Å². The number of nitrogens with zero attached hydrogens (tertiary/aromatic N) is 1. The summed E-state index contributed by atoms with van der Waals surface area (Å²) in [6.07, 6.45) is 1.62. The highest BCUT2D eigenvalue weighted by Gasteiger charge is 2.31. The van der Waals surface area contributed by atoms with Crippen molar-refractivity contribution in [2.24, 2.45) is 5.41 Å². The zero-order valence-electron chi connectivity index (χ0n) is 12.4. The number of halogens is 1. The van der Waals surface area contributed by atoms with Gasteiger partial charge in [0.1, 0.15) is 5.76 Å². The van der Waals surface area contributed by atoms with Gasteiger partial charge in [0.2, 0.25) is 5.91 Å². The van der Waals surface area contributed by atoms with E-state index in [1.165, 1.54) is 0 Å². The predicted octanol–water partition coefficient (Wildman–Crippen LogP) is 4.07. The van der Waals surface area contributed by atoms with Crippen molar-refractivity contribution >= 4 is 17.5 Å². The second-order valence-corrected chi connectivity index (χ2v) is 6.01. The fourth-order valence-corrected chi connectivity index (χ4v) is 2.19. The summed E-state index contributed by atoms with van der Waals surface area (Å²) in [5.74, 6) is 1.08. The molecule has 2 aromatic rings. The molecule has 21 heavy (non-hydrogen) atoms. The molecule has 0 saturated heterocycles. The Balaban J connectivity index is 2.19. The molecule has 0 bridgehead atoms. The fourth-order valence-electron chi connectivity index (χ4n) is 2.08. The number of rotatable bonds is 6. The Morgan fingerprint density at radius 1 is 1.14 bits per heavy atom. The minimum Gasteiger partial charge on any atom is -0.467 e. The first-order valence-electron chi connectivity index (χ1n) is 6.94. The quantitative estimate of drug-likeness (QED) is 0.754. The maximum atomic E-state index is 12.7. The number of benzene rings is 1. The monoisotopic (exact) mass is 305 g/mol. The third kappa shape index (κ3) is 4.11. The Bertz CT molecular complexity index is 564. The van der Waals surface area contributed by atoms with Crippen molar-refractivity contribution in [3.05, 3.63) is 60.1 Å². The minimum atomic E-state index is -0.594. The first kappa shape index (κ1) is 15.6. The average molecular weight is 306 g/mol. The standard InChI is InChI=1S/C17H20ClNO2/c1-17(2,13-18)16(20)19(12-15-9-6-10-21-15)11-14-7-4-3-5-8-14/h3-10H,11-13H2,1-2H3. The lowest BCUT2D eigenvalue weighted by molar-refractivity contribution is -0.140. The summed E-state index contributed by atoms with van der Waals surface area (Å²) in [5.41, 5.74) is 0.492. The van der Waals surface area contributed by atoms with Gasteiger partial charge >= 0.3 is 0 Å². The van der Waals surface area contributed by atoms with Gasteiger partial charge in [0, 0.05) is 12.4 Å². The Labute approximate surface area is 130 Å². The van der Waals surface area contributed by atoms with Crippen LogP contribution in [0.2, 0.25) is 0 Å². The van der Waals surface area contributed by atoms with Crippen molar-refractivity contribution in [3.8, 4) is 0 Å². The third-order valence-electron chi connectivity index (χ3n) is 3.34. The molecular formula is C17H20ClNO2. The van der Waals surface area contributed by atoms with Crippen LogP contribution in [-0.4, -0.2) is 16.7 Å². The number of carbonyl (C=O) groups excluding carboxylic acids is 1. The maximum absolute atomic E-state index is 12.7. The molecule has 0 aliphatic heterocycles. The summed E-state index contributed by atoms with van der Waals surface area (Å²) < 4.78 is 5.37. The van der Waals surface area contributed by atoms with E-state index in [1.54, 1.807) is 11.2 Å². The summed E-state index contributed by atoms with van der Waals surface area (Å²) in [5, 5.41) is 0. The molecule has 3 nitrogen and oxygen atoms in total.